The van der Waals surface area contributed by atoms with E-state index in [0.29, 0.717) is 29.4 Å². The molecule has 0 bridgehead atoms. The van der Waals surface area contributed by atoms with Gasteiger partial charge in [-0.1, -0.05) is 12.8 Å². The minimum Gasteiger partial charge on any atom is -0.496 e. The Bertz CT molecular complexity index is 596. The SMILES string of the molecule is COc1cc(F)ccc1/C=C1/ON(CCCCCCC(=O)O)OS1. The van der Waals surface area contributed by atoms with Gasteiger partial charge < -0.3 is 14.7 Å². The molecule has 1 N–H and O–H groups in total. The van der Waals surface area contributed by atoms with Crippen molar-refractivity contribution >= 4 is 24.1 Å². The van der Waals surface area contributed by atoms with Crippen LogP contribution in [-0.2, 0) is 13.9 Å². The van der Waals surface area contributed by atoms with Crippen molar-refractivity contribution in [3.63, 3.8) is 0 Å². The van der Waals surface area contributed by atoms with Crippen molar-refractivity contribution in [3.05, 3.63) is 34.7 Å². The van der Waals surface area contributed by atoms with Crippen LogP contribution in [-0.4, -0.2) is 30.0 Å². The largest absolute Gasteiger partial charge is 0.496 e. The molecule has 0 aliphatic carbocycles. The number of unbranched alkanes of at least 4 members (excludes halogenated alkanes) is 3. The number of nitrogens with zero attached hydrogens (tertiary/aromatic N) is 1. The Morgan fingerprint density at radius 2 is 2.17 bits per heavy atom. The molecule has 0 spiro atoms. The van der Waals surface area contributed by atoms with Crippen molar-refractivity contribution in [3.8, 4) is 5.75 Å². The fraction of sp³-hybridized carbons (Fsp3) is 0.438. The highest BCUT2D eigenvalue weighted by Crippen LogP contribution is 2.33. The van der Waals surface area contributed by atoms with E-state index in [1.54, 1.807) is 12.1 Å². The second-order valence-corrected chi connectivity index (χ2v) is 5.93. The van der Waals surface area contributed by atoms with Gasteiger partial charge in [0.15, 0.2) is 0 Å². The first-order valence-corrected chi connectivity index (χ1v) is 8.40. The minimum atomic E-state index is -0.761. The van der Waals surface area contributed by atoms with Crippen LogP contribution in [0.25, 0.3) is 6.08 Å². The number of hydrogen-bond acceptors (Lipinski definition) is 6. The van der Waals surface area contributed by atoms with Crippen molar-refractivity contribution in [1.29, 1.82) is 0 Å². The second-order valence-electron chi connectivity index (χ2n) is 5.21. The van der Waals surface area contributed by atoms with Crippen LogP contribution in [0.15, 0.2) is 23.3 Å². The zero-order chi connectivity index (χ0) is 17.4. The van der Waals surface area contributed by atoms with E-state index in [1.165, 1.54) is 24.5 Å². The fourth-order valence-corrected chi connectivity index (χ4v) is 2.69. The Morgan fingerprint density at radius 1 is 1.38 bits per heavy atom. The van der Waals surface area contributed by atoms with Crippen LogP contribution in [0.1, 0.15) is 37.7 Å². The number of carboxylic acid groups (broad SMARTS) is 1. The number of benzene rings is 1. The number of methoxy groups -OCH3 is 1. The molecule has 1 heterocycles. The first kappa shape index (κ1) is 18.6. The highest BCUT2D eigenvalue weighted by atomic mass is 32.2. The zero-order valence-electron chi connectivity index (χ0n) is 13.4. The molecule has 1 aliphatic rings. The van der Waals surface area contributed by atoms with E-state index in [2.05, 4.69) is 0 Å². The lowest BCUT2D eigenvalue weighted by atomic mass is 10.1. The standard InChI is InChI=1S/C16H20FNO5S/c1-21-14-11-13(17)8-7-12(14)10-16-22-18(23-24-16)9-5-3-2-4-6-15(19)20/h7-8,10-11H,2-6,9H2,1H3,(H,19,20)/b16-10-. The second kappa shape index (κ2) is 9.51. The summed E-state index contributed by atoms with van der Waals surface area (Å²) < 4.78 is 23.6. The molecule has 0 unspecified atom stereocenters. The van der Waals surface area contributed by atoms with E-state index >= 15 is 0 Å². The Labute approximate surface area is 144 Å². The van der Waals surface area contributed by atoms with Gasteiger partial charge in [0.1, 0.15) is 11.6 Å². The van der Waals surface area contributed by atoms with Gasteiger partial charge in [0.05, 0.1) is 25.7 Å². The molecule has 24 heavy (non-hydrogen) atoms. The average molecular weight is 357 g/mol. The van der Waals surface area contributed by atoms with Crippen LogP contribution < -0.4 is 4.74 Å². The predicted octanol–water partition coefficient (Wildman–Crippen LogP) is 3.99. The minimum absolute atomic E-state index is 0.207. The van der Waals surface area contributed by atoms with E-state index in [1.807, 2.05) is 0 Å². The molecule has 0 atom stereocenters. The lowest BCUT2D eigenvalue weighted by Gasteiger charge is -2.10. The maximum Gasteiger partial charge on any atom is 0.303 e. The maximum absolute atomic E-state index is 13.2. The summed E-state index contributed by atoms with van der Waals surface area (Å²) in [4.78, 5) is 15.9. The number of carboxylic acids is 1. The molecule has 2 rings (SSSR count). The van der Waals surface area contributed by atoms with Crippen molar-refractivity contribution in [1.82, 2.24) is 5.23 Å². The quantitative estimate of drug-likeness (QED) is 0.529. The smallest absolute Gasteiger partial charge is 0.303 e. The van der Waals surface area contributed by atoms with Gasteiger partial charge in [-0.2, -0.15) is 4.28 Å². The van der Waals surface area contributed by atoms with Gasteiger partial charge in [-0.3, -0.25) is 4.79 Å². The van der Waals surface area contributed by atoms with E-state index in [4.69, 9.17) is 19.0 Å². The molecule has 6 nitrogen and oxygen atoms in total. The van der Waals surface area contributed by atoms with Gasteiger partial charge in [-0.05, 0) is 30.2 Å². The van der Waals surface area contributed by atoms with Gasteiger partial charge in [-0.15, -0.1) is 0 Å². The summed E-state index contributed by atoms with van der Waals surface area (Å²) in [6, 6.07) is 4.27. The number of hydrogen-bond donors (Lipinski definition) is 1. The molecule has 132 valence electrons. The first-order chi connectivity index (χ1) is 11.6. The molecular formula is C16H20FNO5S. The highest BCUT2D eigenvalue weighted by Gasteiger charge is 2.21. The van der Waals surface area contributed by atoms with Crippen molar-refractivity contribution < 1.29 is 28.1 Å². The van der Waals surface area contributed by atoms with Crippen LogP contribution in [0.4, 0.5) is 4.39 Å². The fourth-order valence-electron chi connectivity index (χ4n) is 2.14. The van der Waals surface area contributed by atoms with Crippen LogP contribution in [0.5, 0.6) is 5.75 Å². The third kappa shape index (κ3) is 6.03. The maximum atomic E-state index is 13.2. The molecular weight excluding hydrogens is 337 g/mol. The lowest BCUT2D eigenvalue weighted by Crippen LogP contribution is -2.16. The summed E-state index contributed by atoms with van der Waals surface area (Å²) in [6.45, 7) is 0.581. The summed E-state index contributed by atoms with van der Waals surface area (Å²) in [5.74, 6) is -0.707. The van der Waals surface area contributed by atoms with E-state index in [0.717, 1.165) is 31.3 Å². The lowest BCUT2D eigenvalue weighted by molar-refractivity contribution is -0.259. The third-order valence-corrected chi connectivity index (χ3v) is 3.94. The van der Waals surface area contributed by atoms with Crippen LogP contribution in [0, 0.1) is 5.82 Å². The molecule has 1 aromatic carbocycles. The Kier molecular flexibility index (Phi) is 7.36. The number of ether oxygens (including phenoxy) is 1. The van der Waals surface area contributed by atoms with Gasteiger partial charge >= 0.3 is 5.97 Å². The average Bonchev–Trinajstić information content (AvgIpc) is 2.99. The molecule has 0 radical (unpaired) electrons. The van der Waals surface area contributed by atoms with Crippen LogP contribution in [0.2, 0.25) is 0 Å². The monoisotopic (exact) mass is 357 g/mol. The number of halogens is 1. The molecule has 8 heteroatoms. The number of hydroxylamine groups is 2. The molecule has 0 saturated carbocycles. The molecule has 1 fully saturated rings. The first-order valence-electron chi connectivity index (χ1n) is 7.65. The zero-order valence-corrected chi connectivity index (χ0v) is 14.2. The van der Waals surface area contributed by atoms with Crippen molar-refractivity contribution in [2.24, 2.45) is 0 Å². The Morgan fingerprint density at radius 3 is 2.92 bits per heavy atom. The van der Waals surface area contributed by atoms with E-state index in [-0.39, 0.29) is 12.2 Å². The van der Waals surface area contributed by atoms with E-state index < -0.39 is 5.97 Å². The Balaban J connectivity index is 1.75. The third-order valence-electron chi connectivity index (χ3n) is 3.34. The summed E-state index contributed by atoms with van der Waals surface area (Å²) in [5, 5.41) is 10.5. The molecule has 1 aliphatic heterocycles. The Hall–Kier alpha value is -1.77. The van der Waals surface area contributed by atoms with Gasteiger partial charge in [0, 0.05) is 24.1 Å². The molecule has 1 saturated heterocycles. The van der Waals surface area contributed by atoms with Gasteiger partial charge in [-0.25, -0.2) is 4.39 Å². The predicted molar refractivity (Wildman–Crippen MR) is 88.1 cm³/mol. The van der Waals surface area contributed by atoms with Crippen LogP contribution >= 0.6 is 12.0 Å². The summed E-state index contributed by atoms with van der Waals surface area (Å²) in [6.07, 6.45) is 5.22. The topological polar surface area (TPSA) is 68.2 Å². The highest BCUT2D eigenvalue weighted by molar-refractivity contribution is 7.98. The number of aliphatic carboxylic acids is 1. The molecule has 1 aromatic rings. The summed E-state index contributed by atoms with van der Waals surface area (Å²) in [7, 11) is 1.48. The van der Waals surface area contributed by atoms with Gasteiger partial charge in [0.25, 0.3) is 0 Å². The summed E-state index contributed by atoms with van der Waals surface area (Å²) >= 11 is 1.08. The van der Waals surface area contributed by atoms with Gasteiger partial charge in [0.2, 0.25) is 5.09 Å². The van der Waals surface area contributed by atoms with E-state index in [9.17, 15) is 9.18 Å². The number of rotatable bonds is 9. The molecule has 0 amide bonds. The molecule has 0 aromatic heterocycles. The van der Waals surface area contributed by atoms with Crippen molar-refractivity contribution in [2.45, 2.75) is 32.1 Å². The number of carbonyl (C=O) groups is 1. The normalized spacial score (nSPS) is 16.3. The van der Waals surface area contributed by atoms with Crippen molar-refractivity contribution in [2.75, 3.05) is 13.7 Å². The summed E-state index contributed by atoms with van der Waals surface area (Å²) in [5.41, 5.74) is 0.695. The van der Waals surface area contributed by atoms with Crippen LogP contribution in [0.3, 0.4) is 0 Å².